The van der Waals surface area contributed by atoms with E-state index in [2.05, 4.69) is 15.0 Å². The maximum absolute atomic E-state index is 12.0. The Labute approximate surface area is 148 Å². The van der Waals surface area contributed by atoms with Crippen LogP contribution in [0.4, 0.5) is 5.69 Å². The average Bonchev–Trinajstić information content (AvgIpc) is 2.52. The normalized spacial score (nSPS) is 11.8. The lowest BCUT2D eigenvalue weighted by Gasteiger charge is -2.11. The first-order valence-corrected chi connectivity index (χ1v) is 7.48. The summed E-state index contributed by atoms with van der Waals surface area (Å²) in [7, 11) is 1.15. The van der Waals surface area contributed by atoms with Crippen molar-refractivity contribution in [3.05, 3.63) is 26.7 Å². The summed E-state index contributed by atoms with van der Waals surface area (Å²) in [6.45, 7) is 2.10. The minimum Gasteiger partial charge on any atom is -0.468 e. The molecule has 1 aromatic rings. The molecule has 0 saturated heterocycles. The number of methoxy groups -OCH3 is 1. The third kappa shape index (κ3) is 4.58. The second-order valence-corrected chi connectivity index (χ2v) is 5.31. The van der Waals surface area contributed by atoms with E-state index in [-0.39, 0.29) is 26.3 Å². The lowest BCUT2D eigenvalue weighted by atomic mass is 10.1. The molecule has 0 aromatic heterocycles. The zero-order chi connectivity index (χ0) is 17.6. The Bertz CT molecular complexity index is 699. The smallest absolute Gasteiger partial charge is 0.328 e. The van der Waals surface area contributed by atoms with Crippen molar-refractivity contribution in [2.75, 3.05) is 13.7 Å². The molecule has 9 heteroatoms. The highest BCUT2D eigenvalue weighted by Gasteiger charge is 2.21. The quantitative estimate of drug-likeness (QED) is 0.484. The zero-order valence-corrected chi connectivity index (χ0v) is 14.5. The number of ether oxygens (including phenoxy) is 1. The molecule has 122 valence electrons. The number of amides is 1. The highest BCUT2D eigenvalue weighted by atomic mass is 35.5. The minimum absolute atomic E-state index is 0.00799. The maximum atomic E-state index is 12.0. The van der Waals surface area contributed by atoms with Crippen molar-refractivity contribution >= 4 is 58.6 Å². The number of nitrogens with one attached hydrogen (secondary N) is 1. The van der Waals surface area contributed by atoms with Gasteiger partial charge < -0.3 is 10.1 Å². The van der Waals surface area contributed by atoms with E-state index < -0.39 is 17.8 Å². The summed E-state index contributed by atoms with van der Waals surface area (Å²) >= 11 is 18.1. The first-order valence-electron chi connectivity index (χ1n) is 6.34. The number of nitriles is 1. The van der Waals surface area contributed by atoms with Crippen LogP contribution in [-0.2, 0) is 9.53 Å². The first-order chi connectivity index (χ1) is 10.9. The van der Waals surface area contributed by atoms with Gasteiger partial charge in [0.05, 0.1) is 39.5 Å². The van der Waals surface area contributed by atoms with Crippen molar-refractivity contribution in [1.29, 1.82) is 5.26 Å². The third-order valence-corrected chi connectivity index (χ3v) is 3.83. The lowest BCUT2D eigenvalue weighted by Crippen LogP contribution is -2.23. The molecule has 0 aliphatic carbocycles. The molecule has 0 saturated carbocycles. The van der Waals surface area contributed by atoms with Gasteiger partial charge in [0.15, 0.2) is 5.92 Å². The summed E-state index contributed by atoms with van der Waals surface area (Å²) in [4.78, 5) is 27.3. The van der Waals surface area contributed by atoms with E-state index in [1.807, 2.05) is 0 Å². The van der Waals surface area contributed by atoms with Gasteiger partial charge in [0.2, 0.25) is 0 Å². The van der Waals surface area contributed by atoms with Crippen LogP contribution in [0, 0.1) is 17.2 Å². The van der Waals surface area contributed by atoms with Gasteiger partial charge in [0.25, 0.3) is 5.91 Å². The number of carbonyl (C=O) groups excluding carboxylic acids is 2. The fourth-order valence-electron chi connectivity index (χ4n) is 1.56. The van der Waals surface area contributed by atoms with Crippen molar-refractivity contribution in [1.82, 2.24) is 5.32 Å². The number of rotatable bonds is 5. The van der Waals surface area contributed by atoms with Crippen molar-refractivity contribution in [2.24, 2.45) is 10.9 Å². The fraction of sp³-hybridized carbons (Fsp3) is 0.286. The number of nitrogens with zero attached hydrogens (tertiary/aromatic N) is 2. The van der Waals surface area contributed by atoms with Crippen LogP contribution in [0.5, 0.6) is 0 Å². The topological polar surface area (TPSA) is 91.5 Å². The first kappa shape index (κ1) is 19.2. The Kier molecular flexibility index (Phi) is 7.30. The van der Waals surface area contributed by atoms with Gasteiger partial charge in [-0.15, -0.1) is 0 Å². The summed E-state index contributed by atoms with van der Waals surface area (Å²) < 4.78 is 4.46. The summed E-state index contributed by atoms with van der Waals surface area (Å²) in [5.74, 6) is -2.49. The van der Waals surface area contributed by atoms with Crippen molar-refractivity contribution in [3.63, 3.8) is 0 Å². The zero-order valence-electron chi connectivity index (χ0n) is 12.2. The number of esters is 1. The molecule has 0 bridgehead atoms. The van der Waals surface area contributed by atoms with Crippen LogP contribution in [-0.4, -0.2) is 31.7 Å². The Morgan fingerprint density at radius 1 is 1.43 bits per heavy atom. The summed E-state index contributed by atoms with van der Waals surface area (Å²) in [5, 5.41) is 11.5. The fourth-order valence-corrected chi connectivity index (χ4v) is 2.33. The van der Waals surface area contributed by atoms with Gasteiger partial charge >= 0.3 is 5.97 Å². The Hall–Kier alpha value is -1.81. The molecule has 6 nitrogen and oxygen atoms in total. The molecule has 0 radical (unpaired) electrons. The van der Waals surface area contributed by atoms with Gasteiger partial charge in [0.1, 0.15) is 0 Å². The molecular weight excluding hydrogens is 365 g/mol. The molecule has 1 aromatic carbocycles. The van der Waals surface area contributed by atoms with Gasteiger partial charge in [-0.1, -0.05) is 34.8 Å². The maximum Gasteiger partial charge on any atom is 0.328 e. The number of benzene rings is 1. The number of aliphatic imine (C=N–C) groups is 1. The van der Waals surface area contributed by atoms with Gasteiger partial charge in [-0.3, -0.25) is 14.6 Å². The molecule has 0 fully saturated rings. The molecule has 1 N–H and O–H groups in total. The second-order valence-electron chi connectivity index (χ2n) is 4.15. The molecule has 1 atom stereocenters. The molecule has 0 spiro atoms. The molecular formula is C14H12Cl3N3O3. The number of carbonyl (C=O) groups is 2. The molecule has 1 amide bonds. The van der Waals surface area contributed by atoms with Crippen molar-refractivity contribution < 1.29 is 14.3 Å². The number of hydrogen-bond donors (Lipinski definition) is 1. The van der Waals surface area contributed by atoms with Crippen LogP contribution >= 0.6 is 34.8 Å². The average molecular weight is 377 g/mol. The molecule has 0 aliphatic heterocycles. The van der Waals surface area contributed by atoms with Crippen molar-refractivity contribution in [3.8, 4) is 6.07 Å². The highest BCUT2D eigenvalue weighted by Crippen LogP contribution is 2.38. The van der Waals surface area contributed by atoms with Crippen molar-refractivity contribution in [2.45, 2.75) is 6.92 Å². The predicted octanol–water partition coefficient (Wildman–Crippen LogP) is 3.41. The van der Waals surface area contributed by atoms with E-state index in [9.17, 15) is 9.59 Å². The molecule has 0 aliphatic rings. The highest BCUT2D eigenvalue weighted by molar-refractivity contribution is 6.47. The summed E-state index contributed by atoms with van der Waals surface area (Å²) in [6, 6.07) is 3.05. The van der Waals surface area contributed by atoms with E-state index >= 15 is 0 Å². The van der Waals surface area contributed by atoms with E-state index in [0.717, 1.165) is 13.3 Å². The summed E-state index contributed by atoms with van der Waals surface area (Å²) in [6.07, 6.45) is 1.05. The lowest BCUT2D eigenvalue weighted by molar-refractivity contribution is -0.141. The predicted molar refractivity (Wildman–Crippen MR) is 88.8 cm³/mol. The Balaban J connectivity index is 3.31. The van der Waals surface area contributed by atoms with Crippen LogP contribution in [0.1, 0.15) is 17.3 Å². The van der Waals surface area contributed by atoms with E-state index in [4.69, 9.17) is 40.1 Å². The molecule has 23 heavy (non-hydrogen) atoms. The van der Waals surface area contributed by atoms with Crippen LogP contribution in [0.25, 0.3) is 0 Å². The van der Waals surface area contributed by atoms with E-state index in [0.29, 0.717) is 6.54 Å². The van der Waals surface area contributed by atoms with Gasteiger partial charge in [-0.2, -0.15) is 5.26 Å². The van der Waals surface area contributed by atoms with Gasteiger partial charge in [-0.25, -0.2) is 0 Å². The monoisotopic (exact) mass is 375 g/mol. The van der Waals surface area contributed by atoms with E-state index in [1.165, 1.54) is 6.07 Å². The molecule has 0 heterocycles. The third-order valence-electron chi connectivity index (χ3n) is 2.66. The Morgan fingerprint density at radius 3 is 2.61 bits per heavy atom. The molecule has 1 unspecified atom stereocenters. The molecule has 1 rings (SSSR count). The van der Waals surface area contributed by atoms with Crippen LogP contribution in [0.3, 0.4) is 0 Å². The standard InChI is InChI=1S/C14H12Cl3N3O3/c1-3-19-13(21)10-11(16)8(15)4-9(12(10)17)20-6-7(5-18)14(22)23-2/h4,6-7H,3H2,1-2H3,(H,19,21). The van der Waals surface area contributed by atoms with Gasteiger partial charge in [-0.05, 0) is 13.0 Å². The van der Waals surface area contributed by atoms with Crippen LogP contribution in [0.15, 0.2) is 11.1 Å². The minimum atomic E-state index is -1.21. The Morgan fingerprint density at radius 2 is 2.09 bits per heavy atom. The van der Waals surface area contributed by atoms with Crippen LogP contribution < -0.4 is 5.32 Å². The van der Waals surface area contributed by atoms with Gasteiger partial charge in [0, 0.05) is 12.8 Å². The van der Waals surface area contributed by atoms with Crippen LogP contribution in [0.2, 0.25) is 15.1 Å². The largest absolute Gasteiger partial charge is 0.468 e. The summed E-state index contributed by atoms with van der Waals surface area (Å²) in [5.41, 5.74) is 0.0767. The SMILES string of the molecule is CCNC(=O)c1c(Cl)c(Cl)cc(N=CC(C#N)C(=O)OC)c1Cl. The van der Waals surface area contributed by atoms with E-state index in [1.54, 1.807) is 13.0 Å². The number of hydrogen-bond acceptors (Lipinski definition) is 5. The number of halogens is 3. The second kappa shape index (κ2) is 8.73.